The summed E-state index contributed by atoms with van der Waals surface area (Å²) in [5, 5.41) is 0. The first-order chi connectivity index (χ1) is 4.15. The van der Waals surface area contributed by atoms with Crippen LogP contribution in [0.15, 0.2) is 12.2 Å². The third-order valence-corrected chi connectivity index (χ3v) is 1.62. The Balaban J connectivity index is 2.66. The minimum Gasteiger partial charge on any atom is -0.368 e. The number of nitrogens with two attached hydrogens (primary N) is 2. The van der Waals surface area contributed by atoms with Crippen LogP contribution in [0.2, 0.25) is 0 Å². The molecule has 0 saturated carbocycles. The molecule has 0 saturated heterocycles. The van der Waals surface area contributed by atoms with Gasteiger partial charge in [-0.3, -0.25) is 4.79 Å². The van der Waals surface area contributed by atoms with E-state index in [1.165, 1.54) is 0 Å². The van der Waals surface area contributed by atoms with Crippen LogP contribution in [0, 0.1) is 0 Å². The lowest BCUT2D eigenvalue weighted by atomic mass is 9.98. The smallest absolute Gasteiger partial charge is 0.238 e. The van der Waals surface area contributed by atoms with Crippen molar-refractivity contribution in [3.63, 3.8) is 0 Å². The number of primary amides is 1. The Morgan fingerprint density at radius 1 is 1.44 bits per heavy atom. The fraction of sp³-hybridized carbons (Fsp3) is 0.500. The molecule has 0 radical (unpaired) electrons. The van der Waals surface area contributed by atoms with Crippen molar-refractivity contribution in [3.05, 3.63) is 12.2 Å². The summed E-state index contributed by atoms with van der Waals surface area (Å²) < 4.78 is 0. The summed E-state index contributed by atoms with van der Waals surface area (Å²) in [5.74, 6) is -0.410. The average Bonchev–Trinajstić information content (AvgIpc) is 2.16. The molecule has 0 fully saturated rings. The van der Waals surface area contributed by atoms with Gasteiger partial charge in [0.05, 0.1) is 0 Å². The summed E-state index contributed by atoms with van der Waals surface area (Å²) in [6, 6.07) is 0. The van der Waals surface area contributed by atoms with E-state index in [1.807, 2.05) is 12.2 Å². The van der Waals surface area contributed by atoms with E-state index in [1.54, 1.807) is 0 Å². The zero-order valence-electron chi connectivity index (χ0n) is 5.13. The van der Waals surface area contributed by atoms with Gasteiger partial charge in [0.15, 0.2) is 0 Å². The largest absolute Gasteiger partial charge is 0.368 e. The van der Waals surface area contributed by atoms with Crippen molar-refractivity contribution in [1.82, 2.24) is 0 Å². The predicted octanol–water partition coefficient (Wildman–Crippen LogP) is -0.481. The molecular weight excluding hydrogens is 116 g/mol. The lowest BCUT2D eigenvalue weighted by molar-refractivity contribution is -0.122. The molecule has 0 aromatic rings. The van der Waals surface area contributed by atoms with Gasteiger partial charge in [-0.1, -0.05) is 12.2 Å². The number of amides is 1. The maximum absolute atomic E-state index is 10.6. The van der Waals surface area contributed by atoms with Crippen molar-refractivity contribution in [2.45, 2.75) is 18.4 Å². The fourth-order valence-corrected chi connectivity index (χ4v) is 0.872. The van der Waals surface area contributed by atoms with E-state index in [9.17, 15) is 4.79 Å². The van der Waals surface area contributed by atoms with Crippen LogP contribution in [0.25, 0.3) is 0 Å². The molecule has 0 atom stereocenters. The zero-order valence-corrected chi connectivity index (χ0v) is 5.13. The summed E-state index contributed by atoms with van der Waals surface area (Å²) in [6.07, 6.45) is 4.93. The Morgan fingerprint density at radius 2 is 1.89 bits per heavy atom. The molecule has 1 aliphatic rings. The molecule has 4 N–H and O–H groups in total. The number of hydrogen-bond donors (Lipinski definition) is 2. The SMILES string of the molecule is NC(=O)C1(N)CC=CC1. The maximum atomic E-state index is 10.6. The third kappa shape index (κ3) is 0.954. The molecule has 50 valence electrons. The van der Waals surface area contributed by atoms with E-state index in [-0.39, 0.29) is 0 Å². The fourth-order valence-electron chi connectivity index (χ4n) is 0.872. The minimum absolute atomic E-state index is 0.410. The molecule has 1 aliphatic carbocycles. The van der Waals surface area contributed by atoms with E-state index < -0.39 is 11.4 Å². The van der Waals surface area contributed by atoms with Crippen LogP contribution in [0.5, 0.6) is 0 Å². The minimum atomic E-state index is -0.778. The highest BCUT2D eigenvalue weighted by atomic mass is 16.1. The normalized spacial score (nSPS) is 22.3. The van der Waals surface area contributed by atoms with E-state index in [2.05, 4.69) is 0 Å². The van der Waals surface area contributed by atoms with Crippen molar-refractivity contribution in [2.75, 3.05) is 0 Å². The van der Waals surface area contributed by atoms with Gasteiger partial charge in [0, 0.05) is 0 Å². The average molecular weight is 126 g/mol. The monoisotopic (exact) mass is 126 g/mol. The van der Waals surface area contributed by atoms with Crippen LogP contribution < -0.4 is 11.5 Å². The molecule has 1 rings (SSSR count). The van der Waals surface area contributed by atoms with Crippen molar-refractivity contribution in [1.29, 1.82) is 0 Å². The lowest BCUT2D eigenvalue weighted by Gasteiger charge is -2.17. The highest BCUT2D eigenvalue weighted by Gasteiger charge is 2.31. The second-order valence-corrected chi connectivity index (χ2v) is 2.40. The first-order valence-electron chi connectivity index (χ1n) is 2.89. The molecule has 3 nitrogen and oxygen atoms in total. The van der Waals surface area contributed by atoms with Gasteiger partial charge in [-0.05, 0) is 12.8 Å². The van der Waals surface area contributed by atoms with Gasteiger partial charge in [-0.2, -0.15) is 0 Å². The molecular formula is C6H10N2O. The van der Waals surface area contributed by atoms with Gasteiger partial charge in [0.25, 0.3) is 0 Å². The van der Waals surface area contributed by atoms with Gasteiger partial charge < -0.3 is 11.5 Å². The van der Waals surface area contributed by atoms with E-state index in [0.29, 0.717) is 12.8 Å². The van der Waals surface area contributed by atoms with Crippen LogP contribution in [-0.2, 0) is 4.79 Å². The molecule has 0 aromatic carbocycles. The molecule has 1 amide bonds. The van der Waals surface area contributed by atoms with Crippen LogP contribution in [0.4, 0.5) is 0 Å². The number of hydrogen-bond acceptors (Lipinski definition) is 2. The molecule has 0 bridgehead atoms. The maximum Gasteiger partial charge on any atom is 0.238 e. The topological polar surface area (TPSA) is 69.1 Å². The first kappa shape index (κ1) is 6.29. The van der Waals surface area contributed by atoms with Crippen molar-refractivity contribution in [2.24, 2.45) is 11.5 Å². The van der Waals surface area contributed by atoms with Gasteiger partial charge in [-0.15, -0.1) is 0 Å². The summed E-state index contributed by atoms with van der Waals surface area (Å²) in [6.45, 7) is 0. The summed E-state index contributed by atoms with van der Waals surface area (Å²) in [7, 11) is 0. The molecule has 0 unspecified atom stereocenters. The Bertz CT molecular complexity index is 154. The van der Waals surface area contributed by atoms with Crippen LogP contribution in [-0.4, -0.2) is 11.4 Å². The first-order valence-corrected chi connectivity index (χ1v) is 2.89. The van der Waals surface area contributed by atoms with Crippen LogP contribution >= 0.6 is 0 Å². The lowest BCUT2D eigenvalue weighted by Crippen LogP contribution is -2.49. The van der Waals surface area contributed by atoms with Gasteiger partial charge >= 0.3 is 0 Å². The molecule has 0 aromatic heterocycles. The predicted molar refractivity (Wildman–Crippen MR) is 34.5 cm³/mol. The van der Waals surface area contributed by atoms with Gasteiger partial charge in [0.2, 0.25) is 5.91 Å². The standard InChI is InChI=1S/C6H10N2O/c7-5(9)6(8)3-1-2-4-6/h1-2H,3-4,8H2,(H2,7,9). The Hall–Kier alpha value is -0.830. The van der Waals surface area contributed by atoms with Crippen LogP contribution in [0.3, 0.4) is 0 Å². The Morgan fingerprint density at radius 3 is 2.11 bits per heavy atom. The third-order valence-electron chi connectivity index (χ3n) is 1.62. The van der Waals surface area contributed by atoms with Crippen molar-refractivity contribution in [3.8, 4) is 0 Å². The molecule has 0 heterocycles. The number of carbonyl (C=O) groups is 1. The van der Waals surface area contributed by atoms with Crippen LogP contribution in [0.1, 0.15) is 12.8 Å². The zero-order chi connectivity index (χ0) is 6.91. The highest BCUT2D eigenvalue weighted by molar-refractivity contribution is 5.85. The molecule has 0 spiro atoms. The number of carbonyl (C=O) groups excluding carboxylic acids is 1. The molecule has 0 aliphatic heterocycles. The molecule has 9 heavy (non-hydrogen) atoms. The second kappa shape index (κ2) is 1.84. The quantitative estimate of drug-likeness (QED) is 0.466. The van der Waals surface area contributed by atoms with E-state index >= 15 is 0 Å². The van der Waals surface area contributed by atoms with Crippen molar-refractivity contribution < 1.29 is 4.79 Å². The summed E-state index contributed by atoms with van der Waals surface area (Å²) in [4.78, 5) is 10.6. The van der Waals surface area contributed by atoms with Gasteiger partial charge in [0.1, 0.15) is 5.54 Å². The Labute approximate surface area is 53.7 Å². The summed E-state index contributed by atoms with van der Waals surface area (Å²) >= 11 is 0. The van der Waals surface area contributed by atoms with Crippen molar-refractivity contribution >= 4 is 5.91 Å². The molecule has 3 heteroatoms. The Kier molecular flexibility index (Phi) is 1.29. The number of rotatable bonds is 1. The van der Waals surface area contributed by atoms with E-state index in [4.69, 9.17) is 11.5 Å². The van der Waals surface area contributed by atoms with Gasteiger partial charge in [-0.25, -0.2) is 0 Å². The second-order valence-electron chi connectivity index (χ2n) is 2.40. The van der Waals surface area contributed by atoms with E-state index in [0.717, 1.165) is 0 Å². The highest BCUT2D eigenvalue weighted by Crippen LogP contribution is 2.19. The summed E-state index contributed by atoms with van der Waals surface area (Å²) in [5.41, 5.74) is 9.82.